The topological polar surface area (TPSA) is 48.9 Å². The van der Waals surface area contributed by atoms with Crippen molar-refractivity contribution in [2.75, 3.05) is 33.2 Å². The van der Waals surface area contributed by atoms with Gasteiger partial charge in [-0.1, -0.05) is 18.2 Å². The van der Waals surface area contributed by atoms with Crippen LogP contribution >= 0.6 is 24.0 Å². The molecule has 1 fully saturated rings. The minimum Gasteiger partial charge on any atom is -0.489 e. The van der Waals surface area contributed by atoms with Crippen LogP contribution in [-0.2, 0) is 0 Å². The predicted octanol–water partition coefficient (Wildman–Crippen LogP) is 2.97. The van der Waals surface area contributed by atoms with Crippen molar-refractivity contribution in [3.63, 3.8) is 0 Å². The molecule has 2 rings (SSSR count). The standard InChI is InChI=1S/C18H28F2N4O.HI/c1-14(25-16-6-4-3-5-7-16)12-22-18(21-2)23-15-8-10-24(11-9-15)13-17(19)20;/h3-7,14-15,17H,8-13H2,1-2H3,(H2,21,22,23);1H. The number of nitrogens with zero attached hydrogens (tertiary/aromatic N) is 2. The number of alkyl halides is 2. The van der Waals surface area contributed by atoms with Gasteiger partial charge in [-0.15, -0.1) is 24.0 Å². The lowest BCUT2D eigenvalue weighted by Gasteiger charge is -2.32. The molecular weight excluding hydrogens is 453 g/mol. The lowest BCUT2D eigenvalue weighted by Crippen LogP contribution is -2.50. The highest BCUT2D eigenvalue weighted by molar-refractivity contribution is 14.0. The van der Waals surface area contributed by atoms with Crippen molar-refractivity contribution in [1.29, 1.82) is 0 Å². The zero-order valence-corrected chi connectivity index (χ0v) is 17.7. The van der Waals surface area contributed by atoms with Crippen molar-refractivity contribution in [1.82, 2.24) is 15.5 Å². The average Bonchev–Trinajstić information content (AvgIpc) is 2.60. The van der Waals surface area contributed by atoms with Gasteiger partial charge >= 0.3 is 0 Å². The van der Waals surface area contributed by atoms with Crippen LogP contribution in [0.3, 0.4) is 0 Å². The minimum atomic E-state index is -2.26. The molecule has 0 aliphatic carbocycles. The van der Waals surface area contributed by atoms with Gasteiger partial charge in [0, 0.05) is 26.2 Å². The second kappa shape index (κ2) is 12.3. The van der Waals surface area contributed by atoms with Crippen LogP contribution in [0.1, 0.15) is 19.8 Å². The number of piperidine rings is 1. The van der Waals surface area contributed by atoms with Crippen molar-refractivity contribution >= 4 is 29.9 Å². The second-order valence-corrected chi connectivity index (χ2v) is 6.30. The third-order valence-corrected chi connectivity index (χ3v) is 4.19. The zero-order valence-electron chi connectivity index (χ0n) is 15.3. The Labute approximate surface area is 171 Å². The Morgan fingerprint density at radius 2 is 1.92 bits per heavy atom. The smallest absolute Gasteiger partial charge is 0.251 e. The number of hydrogen-bond donors (Lipinski definition) is 2. The monoisotopic (exact) mass is 482 g/mol. The van der Waals surface area contributed by atoms with Crippen LogP contribution in [0.15, 0.2) is 35.3 Å². The van der Waals surface area contributed by atoms with E-state index in [1.54, 1.807) is 7.05 Å². The lowest BCUT2D eigenvalue weighted by molar-refractivity contribution is 0.0744. The fourth-order valence-electron chi connectivity index (χ4n) is 2.86. The number of benzene rings is 1. The maximum absolute atomic E-state index is 12.4. The summed E-state index contributed by atoms with van der Waals surface area (Å²) in [5.41, 5.74) is 0. The highest BCUT2D eigenvalue weighted by Crippen LogP contribution is 2.12. The Hall–Kier alpha value is -1.16. The summed E-state index contributed by atoms with van der Waals surface area (Å²) >= 11 is 0. The predicted molar refractivity (Wildman–Crippen MR) is 112 cm³/mol. The summed E-state index contributed by atoms with van der Waals surface area (Å²) in [6.45, 7) is 3.86. The van der Waals surface area contributed by atoms with Crippen LogP contribution in [0.2, 0.25) is 0 Å². The first-order valence-electron chi connectivity index (χ1n) is 8.76. The number of nitrogens with one attached hydrogen (secondary N) is 2. The van der Waals surface area contributed by atoms with Crippen molar-refractivity contribution in [3.05, 3.63) is 30.3 Å². The number of ether oxygens (including phenoxy) is 1. The summed E-state index contributed by atoms with van der Waals surface area (Å²) in [6, 6.07) is 9.94. The third-order valence-electron chi connectivity index (χ3n) is 4.19. The van der Waals surface area contributed by atoms with E-state index in [0.29, 0.717) is 19.6 Å². The van der Waals surface area contributed by atoms with Gasteiger partial charge in [0.05, 0.1) is 13.1 Å². The molecule has 26 heavy (non-hydrogen) atoms. The Bertz CT molecular complexity index is 525. The molecule has 1 aromatic carbocycles. The fraction of sp³-hybridized carbons (Fsp3) is 0.611. The number of guanidine groups is 1. The Morgan fingerprint density at radius 1 is 1.27 bits per heavy atom. The van der Waals surface area contributed by atoms with Gasteiger partial charge in [0.15, 0.2) is 5.96 Å². The third kappa shape index (κ3) is 8.48. The summed E-state index contributed by atoms with van der Waals surface area (Å²) in [5, 5.41) is 6.63. The molecule has 1 unspecified atom stereocenters. The molecule has 0 bridgehead atoms. The number of hydrogen-bond acceptors (Lipinski definition) is 3. The number of para-hydroxylation sites is 1. The number of halogens is 3. The number of aliphatic imine (C=N–C) groups is 1. The molecule has 8 heteroatoms. The Morgan fingerprint density at radius 3 is 2.50 bits per heavy atom. The fourth-order valence-corrected chi connectivity index (χ4v) is 2.86. The van der Waals surface area contributed by atoms with E-state index in [1.807, 2.05) is 42.2 Å². The number of rotatable bonds is 7. The van der Waals surface area contributed by atoms with Crippen molar-refractivity contribution in [3.8, 4) is 5.75 Å². The van der Waals surface area contributed by atoms with Crippen molar-refractivity contribution < 1.29 is 13.5 Å². The first-order chi connectivity index (χ1) is 12.1. The maximum atomic E-state index is 12.4. The van der Waals surface area contributed by atoms with Crippen LogP contribution < -0.4 is 15.4 Å². The minimum absolute atomic E-state index is 0. The van der Waals surface area contributed by atoms with Gasteiger partial charge in [-0.25, -0.2) is 8.78 Å². The van der Waals surface area contributed by atoms with Gasteiger partial charge in [0.1, 0.15) is 11.9 Å². The molecule has 1 atom stereocenters. The van der Waals surface area contributed by atoms with Gasteiger partial charge in [-0.05, 0) is 31.9 Å². The highest BCUT2D eigenvalue weighted by atomic mass is 127. The Kier molecular flexibility index (Phi) is 10.8. The highest BCUT2D eigenvalue weighted by Gasteiger charge is 2.22. The summed E-state index contributed by atoms with van der Waals surface area (Å²) < 4.78 is 30.7. The lowest BCUT2D eigenvalue weighted by atomic mass is 10.1. The largest absolute Gasteiger partial charge is 0.489 e. The molecule has 0 saturated carbocycles. The van der Waals surface area contributed by atoms with Gasteiger partial charge in [-0.3, -0.25) is 9.89 Å². The summed E-state index contributed by atoms with van der Waals surface area (Å²) in [6.07, 6.45) is -0.591. The normalized spacial score (nSPS) is 17.5. The first kappa shape index (κ1) is 22.9. The van der Waals surface area contributed by atoms with Gasteiger partial charge < -0.3 is 15.4 Å². The van der Waals surface area contributed by atoms with E-state index < -0.39 is 6.43 Å². The molecule has 148 valence electrons. The molecule has 5 nitrogen and oxygen atoms in total. The summed E-state index contributed by atoms with van der Waals surface area (Å²) in [5.74, 6) is 1.56. The SMILES string of the molecule is CN=C(NCC(C)Oc1ccccc1)NC1CCN(CC(F)F)CC1.I. The van der Waals surface area contributed by atoms with Crippen LogP contribution in [-0.4, -0.2) is 62.7 Å². The van der Waals surface area contributed by atoms with Crippen LogP contribution in [0.4, 0.5) is 8.78 Å². The van der Waals surface area contributed by atoms with Crippen LogP contribution in [0.5, 0.6) is 5.75 Å². The van der Waals surface area contributed by atoms with E-state index >= 15 is 0 Å². The van der Waals surface area contributed by atoms with Crippen LogP contribution in [0, 0.1) is 0 Å². The summed E-state index contributed by atoms with van der Waals surface area (Å²) in [4.78, 5) is 6.05. The molecule has 1 aromatic rings. The quantitative estimate of drug-likeness (QED) is 0.357. The van der Waals surface area contributed by atoms with Gasteiger partial charge in [0.25, 0.3) is 6.43 Å². The summed E-state index contributed by atoms with van der Waals surface area (Å²) in [7, 11) is 1.73. The molecule has 0 amide bonds. The zero-order chi connectivity index (χ0) is 18.1. The van der Waals surface area contributed by atoms with Crippen molar-refractivity contribution in [2.45, 2.75) is 38.3 Å². The molecule has 0 aromatic heterocycles. The van der Waals surface area contributed by atoms with Crippen LogP contribution in [0.25, 0.3) is 0 Å². The van der Waals surface area contributed by atoms with Gasteiger partial charge in [0.2, 0.25) is 0 Å². The van der Waals surface area contributed by atoms with Gasteiger partial charge in [-0.2, -0.15) is 0 Å². The molecule has 1 aliphatic rings. The average molecular weight is 482 g/mol. The van der Waals surface area contributed by atoms with E-state index in [-0.39, 0.29) is 42.7 Å². The maximum Gasteiger partial charge on any atom is 0.251 e. The number of likely N-dealkylation sites (tertiary alicyclic amines) is 1. The Balaban J connectivity index is 0.00000338. The molecular formula is C18H29F2IN4O. The second-order valence-electron chi connectivity index (χ2n) is 6.30. The van der Waals surface area contributed by atoms with Crippen molar-refractivity contribution in [2.24, 2.45) is 4.99 Å². The molecule has 0 spiro atoms. The molecule has 0 radical (unpaired) electrons. The molecule has 2 N–H and O–H groups in total. The van der Waals surface area contributed by atoms with E-state index in [9.17, 15) is 8.78 Å². The van der Waals surface area contributed by atoms with E-state index in [1.165, 1.54) is 0 Å². The molecule has 1 saturated heterocycles. The van der Waals surface area contributed by atoms with E-state index in [2.05, 4.69) is 15.6 Å². The molecule has 1 aliphatic heterocycles. The van der Waals surface area contributed by atoms with E-state index in [0.717, 1.165) is 24.6 Å². The molecule has 1 heterocycles. The van der Waals surface area contributed by atoms with E-state index in [4.69, 9.17) is 4.74 Å². The first-order valence-corrected chi connectivity index (χ1v) is 8.76.